The Labute approximate surface area is 95.0 Å². The summed E-state index contributed by atoms with van der Waals surface area (Å²) in [5, 5.41) is 8.52. The van der Waals surface area contributed by atoms with E-state index in [1.165, 1.54) is 7.11 Å². The first-order chi connectivity index (χ1) is 7.74. The molecule has 16 heavy (non-hydrogen) atoms. The van der Waals surface area contributed by atoms with Crippen molar-refractivity contribution in [3.8, 4) is 6.07 Å². The summed E-state index contributed by atoms with van der Waals surface area (Å²) in [5.74, 6) is -0.405. The highest BCUT2D eigenvalue weighted by Gasteiger charge is 2.14. The van der Waals surface area contributed by atoms with Crippen LogP contribution in [0.2, 0.25) is 0 Å². The molecule has 92 valence electrons. The maximum absolute atomic E-state index is 11.0. The van der Waals surface area contributed by atoms with E-state index in [4.69, 9.17) is 19.5 Å². The Hall–Kier alpha value is -1.16. The number of nitrogens with zero attached hydrogens (tertiary/aromatic N) is 1. The lowest BCUT2D eigenvalue weighted by Gasteiger charge is -2.13. The average molecular weight is 231 g/mol. The topological polar surface area (TPSA) is 77.8 Å². The zero-order valence-electron chi connectivity index (χ0n) is 9.60. The van der Waals surface area contributed by atoms with Gasteiger partial charge in [0, 0.05) is 7.11 Å². The third-order valence-electron chi connectivity index (χ3n) is 1.76. The standard InChI is InChI=1S/C10H17NO5/c1-13-5-6-15-8-16-9(3-4-11)7-10(12)14-2/h9H,3,5-8H2,1-2H3/t9-/m0/s1. The Morgan fingerprint density at radius 3 is 2.69 bits per heavy atom. The highest BCUT2D eigenvalue weighted by Crippen LogP contribution is 2.04. The maximum atomic E-state index is 11.0. The van der Waals surface area contributed by atoms with Gasteiger partial charge < -0.3 is 18.9 Å². The molecule has 0 amide bonds. The summed E-state index contributed by atoms with van der Waals surface area (Å²) < 4.78 is 19.5. The summed E-state index contributed by atoms with van der Waals surface area (Å²) in [5.41, 5.74) is 0. The van der Waals surface area contributed by atoms with Gasteiger partial charge in [0.1, 0.15) is 6.79 Å². The molecule has 0 fully saturated rings. The van der Waals surface area contributed by atoms with Gasteiger partial charge in [-0.2, -0.15) is 5.26 Å². The average Bonchev–Trinajstić information content (AvgIpc) is 2.28. The van der Waals surface area contributed by atoms with Crippen LogP contribution in [0, 0.1) is 11.3 Å². The summed E-state index contributed by atoms with van der Waals surface area (Å²) in [7, 11) is 2.86. The molecule has 0 aliphatic heterocycles. The number of rotatable bonds is 9. The number of hydrogen-bond donors (Lipinski definition) is 0. The van der Waals surface area contributed by atoms with E-state index in [-0.39, 0.29) is 19.6 Å². The molecule has 6 nitrogen and oxygen atoms in total. The second-order valence-corrected chi connectivity index (χ2v) is 2.95. The van der Waals surface area contributed by atoms with Crippen LogP contribution in [0.3, 0.4) is 0 Å². The van der Waals surface area contributed by atoms with E-state index >= 15 is 0 Å². The molecule has 0 aromatic rings. The van der Waals surface area contributed by atoms with Gasteiger partial charge in [0.15, 0.2) is 0 Å². The smallest absolute Gasteiger partial charge is 0.308 e. The van der Waals surface area contributed by atoms with Gasteiger partial charge in [-0.25, -0.2) is 0 Å². The number of carbonyl (C=O) groups excluding carboxylic acids is 1. The van der Waals surface area contributed by atoms with Crippen LogP contribution < -0.4 is 0 Å². The molecular formula is C10H17NO5. The first-order valence-electron chi connectivity index (χ1n) is 4.86. The predicted molar refractivity (Wildman–Crippen MR) is 54.4 cm³/mol. The quantitative estimate of drug-likeness (QED) is 0.326. The predicted octanol–water partition coefficient (Wildman–Crippen LogP) is 0.469. The van der Waals surface area contributed by atoms with Gasteiger partial charge in [0.05, 0.1) is 45.3 Å². The van der Waals surface area contributed by atoms with Gasteiger partial charge in [-0.15, -0.1) is 0 Å². The lowest BCUT2D eigenvalue weighted by Crippen LogP contribution is -2.20. The van der Waals surface area contributed by atoms with E-state index in [0.717, 1.165) is 0 Å². The van der Waals surface area contributed by atoms with Crippen molar-refractivity contribution in [2.45, 2.75) is 18.9 Å². The Morgan fingerprint density at radius 2 is 2.12 bits per heavy atom. The first kappa shape index (κ1) is 14.8. The second kappa shape index (κ2) is 10.4. The van der Waals surface area contributed by atoms with Gasteiger partial charge in [-0.1, -0.05) is 0 Å². The fourth-order valence-electron chi connectivity index (χ4n) is 0.907. The van der Waals surface area contributed by atoms with Crippen LogP contribution >= 0.6 is 0 Å². The van der Waals surface area contributed by atoms with Crippen molar-refractivity contribution in [2.75, 3.05) is 34.2 Å². The van der Waals surface area contributed by atoms with Crippen LogP contribution in [0.25, 0.3) is 0 Å². The summed E-state index contributed by atoms with van der Waals surface area (Å²) in [6.45, 7) is 0.921. The Kier molecular flexibility index (Phi) is 9.61. The van der Waals surface area contributed by atoms with Crippen LogP contribution in [0.15, 0.2) is 0 Å². The van der Waals surface area contributed by atoms with Crippen LogP contribution in [-0.2, 0) is 23.7 Å². The molecule has 6 heteroatoms. The number of carbonyl (C=O) groups is 1. The van der Waals surface area contributed by atoms with Gasteiger partial charge in [0.25, 0.3) is 0 Å². The Bertz CT molecular complexity index is 226. The molecule has 0 aromatic carbocycles. The van der Waals surface area contributed by atoms with E-state index in [1.807, 2.05) is 6.07 Å². The molecule has 0 heterocycles. The number of esters is 1. The maximum Gasteiger partial charge on any atom is 0.308 e. The van der Waals surface area contributed by atoms with Crippen LogP contribution in [-0.4, -0.2) is 46.3 Å². The fraction of sp³-hybridized carbons (Fsp3) is 0.800. The van der Waals surface area contributed by atoms with E-state index < -0.39 is 12.1 Å². The second-order valence-electron chi connectivity index (χ2n) is 2.95. The summed E-state index contributed by atoms with van der Waals surface area (Å²) >= 11 is 0. The number of ether oxygens (including phenoxy) is 4. The zero-order valence-corrected chi connectivity index (χ0v) is 9.60. The minimum Gasteiger partial charge on any atom is -0.469 e. The largest absolute Gasteiger partial charge is 0.469 e. The van der Waals surface area contributed by atoms with Crippen molar-refractivity contribution in [1.29, 1.82) is 5.26 Å². The third kappa shape index (κ3) is 8.17. The van der Waals surface area contributed by atoms with Gasteiger partial charge in [0.2, 0.25) is 0 Å². The van der Waals surface area contributed by atoms with Crippen LogP contribution in [0.5, 0.6) is 0 Å². The molecule has 0 spiro atoms. The van der Waals surface area contributed by atoms with Crippen molar-refractivity contribution in [3.63, 3.8) is 0 Å². The summed E-state index contributed by atoms with van der Waals surface area (Å²) in [4.78, 5) is 11.0. The van der Waals surface area contributed by atoms with Crippen molar-refractivity contribution in [1.82, 2.24) is 0 Å². The van der Waals surface area contributed by atoms with Crippen molar-refractivity contribution in [3.05, 3.63) is 0 Å². The third-order valence-corrected chi connectivity index (χ3v) is 1.76. The lowest BCUT2D eigenvalue weighted by atomic mass is 10.2. The van der Waals surface area contributed by atoms with Crippen LogP contribution in [0.4, 0.5) is 0 Å². The monoisotopic (exact) mass is 231 g/mol. The van der Waals surface area contributed by atoms with Gasteiger partial charge >= 0.3 is 5.97 Å². The summed E-state index contributed by atoms with van der Waals surface area (Å²) in [6.07, 6.45) is -0.305. The van der Waals surface area contributed by atoms with Gasteiger partial charge in [-0.3, -0.25) is 4.79 Å². The molecular weight excluding hydrogens is 214 g/mol. The van der Waals surface area contributed by atoms with Crippen LogP contribution in [0.1, 0.15) is 12.8 Å². The number of hydrogen-bond acceptors (Lipinski definition) is 6. The molecule has 0 aromatic heterocycles. The molecule has 0 radical (unpaired) electrons. The highest BCUT2D eigenvalue weighted by atomic mass is 16.7. The lowest BCUT2D eigenvalue weighted by molar-refractivity contribution is -0.148. The molecule has 1 atom stereocenters. The van der Waals surface area contributed by atoms with E-state index in [1.54, 1.807) is 7.11 Å². The number of nitriles is 1. The first-order valence-corrected chi connectivity index (χ1v) is 4.86. The van der Waals surface area contributed by atoms with E-state index in [9.17, 15) is 4.79 Å². The highest BCUT2D eigenvalue weighted by molar-refractivity contribution is 5.69. The molecule has 0 saturated heterocycles. The molecule has 0 aliphatic rings. The Morgan fingerprint density at radius 1 is 1.38 bits per heavy atom. The van der Waals surface area contributed by atoms with Crippen molar-refractivity contribution >= 4 is 5.97 Å². The fourth-order valence-corrected chi connectivity index (χ4v) is 0.907. The molecule has 0 bridgehead atoms. The minimum absolute atomic E-state index is 0.0344. The minimum atomic E-state index is -0.486. The Balaban J connectivity index is 3.68. The van der Waals surface area contributed by atoms with Gasteiger partial charge in [-0.05, 0) is 0 Å². The summed E-state index contributed by atoms with van der Waals surface area (Å²) in [6, 6.07) is 1.94. The molecule has 0 unspecified atom stereocenters. The van der Waals surface area contributed by atoms with E-state index in [0.29, 0.717) is 13.2 Å². The number of methoxy groups -OCH3 is 2. The SMILES string of the molecule is COCCOCO[C@@H](CC#N)CC(=O)OC. The molecule has 0 saturated carbocycles. The molecule has 0 N–H and O–H groups in total. The van der Waals surface area contributed by atoms with Crippen molar-refractivity contribution < 1.29 is 23.7 Å². The molecule has 0 rings (SSSR count). The molecule has 0 aliphatic carbocycles. The normalized spacial score (nSPS) is 11.8. The van der Waals surface area contributed by atoms with Crippen molar-refractivity contribution in [2.24, 2.45) is 0 Å². The zero-order chi connectivity index (χ0) is 12.2. The van der Waals surface area contributed by atoms with E-state index in [2.05, 4.69) is 4.74 Å².